The molecule has 2 aromatic rings. The van der Waals surface area contributed by atoms with E-state index in [0.717, 1.165) is 11.3 Å². The first-order chi connectivity index (χ1) is 7.88. The number of nitrogens with zero attached hydrogens (tertiary/aromatic N) is 1. The van der Waals surface area contributed by atoms with E-state index >= 15 is 0 Å². The maximum Gasteiger partial charge on any atom is 0.213 e. The van der Waals surface area contributed by atoms with Gasteiger partial charge in [0.25, 0.3) is 0 Å². The smallest absolute Gasteiger partial charge is 0.213 e. The van der Waals surface area contributed by atoms with Crippen LogP contribution < -0.4 is 9.47 Å². The molecule has 0 N–H and O–H groups in total. The van der Waals surface area contributed by atoms with Gasteiger partial charge in [0.05, 0.1) is 7.11 Å². The summed E-state index contributed by atoms with van der Waals surface area (Å²) in [5.74, 6) is 1.33. The van der Waals surface area contributed by atoms with Gasteiger partial charge in [-0.15, -0.1) is 0 Å². The van der Waals surface area contributed by atoms with Crippen LogP contribution in [0.4, 0.5) is 0 Å². The molecule has 1 radical (unpaired) electrons. The van der Waals surface area contributed by atoms with Gasteiger partial charge in [0, 0.05) is 18.3 Å². The summed E-state index contributed by atoms with van der Waals surface area (Å²) in [4.78, 5) is 4.03. The third-order valence-corrected chi connectivity index (χ3v) is 2.08. The van der Waals surface area contributed by atoms with E-state index in [2.05, 4.69) is 11.1 Å². The molecule has 16 heavy (non-hydrogen) atoms. The van der Waals surface area contributed by atoms with E-state index in [1.54, 1.807) is 13.3 Å². The molecule has 1 aromatic heterocycles. The highest BCUT2D eigenvalue weighted by Crippen LogP contribution is 2.13. The Balaban J connectivity index is 1.99. The second kappa shape index (κ2) is 5.16. The first-order valence-corrected chi connectivity index (χ1v) is 4.97. The molecule has 3 heteroatoms. The molecule has 0 aliphatic rings. The van der Waals surface area contributed by atoms with E-state index in [9.17, 15) is 0 Å². The van der Waals surface area contributed by atoms with E-state index in [0.29, 0.717) is 12.5 Å². The number of para-hydroxylation sites is 1. The van der Waals surface area contributed by atoms with E-state index in [4.69, 9.17) is 9.47 Å². The minimum atomic E-state index is 0.486. The quantitative estimate of drug-likeness (QED) is 0.783. The van der Waals surface area contributed by atoms with Crippen LogP contribution >= 0.6 is 0 Å². The highest BCUT2D eigenvalue weighted by atomic mass is 16.5. The predicted molar refractivity (Wildman–Crippen MR) is 60.4 cm³/mol. The molecular formula is C13H12NO2. The summed E-state index contributed by atoms with van der Waals surface area (Å²) in [5, 5.41) is 0. The average Bonchev–Trinajstić information content (AvgIpc) is 2.38. The first kappa shape index (κ1) is 10.5. The SMILES string of the molecule is COc1cc(COc2[c]cccc2)ccn1. The van der Waals surface area contributed by atoms with Crippen molar-refractivity contribution in [2.24, 2.45) is 0 Å². The minimum Gasteiger partial charge on any atom is -0.488 e. The lowest BCUT2D eigenvalue weighted by Gasteiger charge is -2.06. The Labute approximate surface area is 94.7 Å². The summed E-state index contributed by atoms with van der Waals surface area (Å²) in [7, 11) is 1.60. The van der Waals surface area contributed by atoms with Gasteiger partial charge in [0.1, 0.15) is 12.4 Å². The van der Waals surface area contributed by atoms with E-state index in [1.165, 1.54) is 0 Å². The van der Waals surface area contributed by atoms with Gasteiger partial charge in [-0.2, -0.15) is 0 Å². The van der Waals surface area contributed by atoms with Crippen LogP contribution in [0.5, 0.6) is 11.6 Å². The molecule has 0 saturated heterocycles. The number of methoxy groups -OCH3 is 1. The van der Waals surface area contributed by atoms with E-state index in [-0.39, 0.29) is 0 Å². The van der Waals surface area contributed by atoms with E-state index < -0.39 is 0 Å². The second-order valence-electron chi connectivity index (χ2n) is 3.22. The fourth-order valence-electron chi connectivity index (χ4n) is 1.28. The average molecular weight is 214 g/mol. The van der Waals surface area contributed by atoms with E-state index in [1.807, 2.05) is 36.4 Å². The summed E-state index contributed by atoms with van der Waals surface area (Å²) in [6, 6.07) is 14.3. The molecule has 0 bridgehead atoms. The van der Waals surface area contributed by atoms with Crippen molar-refractivity contribution in [2.75, 3.05) is 7.11 Å². The molecule has 3 nitrogen and oxygen atoms in total. The lowest BCUT2D eigenvalue weighted by Crippen LogP contribution is -1.96. The number of ether oxygens (including phenoxy) is 2. The van der Waals surface area contributed by atoms with Crippen LogP contribution in [0, 0.1) is 6.07 Å². The third-order valence-electron chi connectivity index (χ3n) is 2.08. The molecule has 0 unspecified atom stereocenters. The molecule has 81 valence electrons. The van der Waals surface area contributed by atoms with Gasteiger partial charge in [-0.05, 0) is 17.7 Å². The van der Waals surface area contributed by atoms with Gasteiger partial charge in [-0.3, -0.25) is 0 Å². The Morgan fingerprint density at radius 3 is 3.00 bits per heavy atom. The lowest BCUT2D eigenvalue weighted by atomic mass is 10.3. The van der Waals surface area contributed by atoms with Gasteiger partial charge in [-0.25, -0.2) is 4.98 Å². The number of rotatable bonds is 4. The third kappa shape index (κ3) is 2.73. The van der Waals surface area contributed by atoms with Crippen LogP contribution in [0.3, 0.4) is 0 Å². The Morgan fingerprint density at radius 1 is 1.31 bits per heavy atom. The van der Waals surface area contributed by atoms with Crippen LogP contribution in [0.15, 0.2) is 42.6 Å². The number of hydrogen-bond acceptors (Lipinski definition) is 3. The van der Waals surface area contributed by atoms with Crippen LogP contribution in [0.25, 0.3) is 0 Å². The number of pyridine rings is 1. The molecule has 1 heterocycles. The fourth-order valence-corrected chi connectivity index (χ4v) is 1.28. The zero-order chi connectivity index (χ0) is 11.2. The summed E-state index contributed by atoms with van der Waals surface area (Å²) in [5.41, 5.74) is 1.02. The summed E-state index contributed by atoms with van der Waals surface area (Å²) < 4.78 is 10.6. The molecule has 0 fully saturated rings. The molecule has 0 aliphatic heterocycles. The largest absolute Gasteiger partial charge is 0.488 e. The van der Waals surface area contributed by atoms with Crippen molar-refractivity contribution < 1.29 is 9.47 Å². The number of benzene rings is 1. The molecule has 1 aromatic carbocycles. The molecule has 0 spiro atoms. The number of aromatic nitrogens is 1. The Morgan fingerprint density at radius 2 is 2.25 bits per heavy atom. The summed E-state index contributed by atoms with van der Waals surface area (Å²) in [6.45, 7) is 0.486. The van der Waals surface area contributed by atoms with Gasteiger partial charge < -0.3 is 9.47 Å². The van der Waals surface area contributed by atoms with Crippen molar-refractivity contribution in [3.63, 3.8) is 0 Å². The van der Waals surface area contributed by atoms with Crippen LogP contribution in [-0.2, 0) is 6.61 Å². The van der Waals surface area contributed by atoms with Crippen molar-refractivity contribution in [2.45, 2.75) is 6.61 Å². The minimum absolute atomic E-state index is 0.486. The molecule has 0 atom stereocenters. The van der Waals surface area contributed by atoms with Crippen molar-refractivity contribution in [1.82, 2.24) is 4.98 Å². The van der Waals surface area contributed by atoms with Crippen LogP contribution in [0.1, 0.15) is 5.56 Å². The highest BCUT2D eigenvalue weighted by Gasteiger charge is 1.98. The predicted octanol–water partition coefficient (Wildman–Crippen LogP) is 2.47. The topological polar surface area (TPSA) is 31.4 Å². The summed E-state index contributed by atoms with van der Waals surface area (Å²) in [6.07, 6.45) is 1.70. The Kier molecular flexibility index (Phi) is 3.38. The maximum absolute atomic E-state index is 5.55. The molecule has 0 saturated carbocycles. The highest BCUT2D eigenvalue weighted by molar-refractivity contribution is 5.22. The lowest BCUT2D eigenvalue weighted by molar-refractivity contribution is 0.304. The first-order valence-electron chi connectivity index (χ1n) is 4.97. The molecule has 0 amide bonds. The van der Waals surface area contributed by atoms with Gasteiger partial charge in [0.2, 0.25) is 5.88 Å². The van der Waals surface area contributed by atoms with Crippen molar-refractivity contribution in [1.29, 1.82) is 0 Å². The van der Waals surface area contributed by atoms with Crippen molar-refractivity contribution in [3.05, 3.63) is 54.2 Å². The van der Waals surface area contributed by atoms with Crippen LogP contribution in [0.2, 0.25) is 0 Å². The van der Waals surface area contributed by atoms with Gasteiger partial charge >= 0.3 is 0 Å². The summed E-state index contributed by atoms with van der Waals surface area (Å²) >= 11 is 0. The molecule has 2 rings (SSSR count). The standard InChI is InChI=1S/C13H12NO2/c1-15-13-9-11(7-8-14-13)10-16-12-5-3-2-4-6-12/h2-5,7-9H,10H2,1H3. The van der Waals surface area contributed by atoms with Crippen molar-refractivity contribution >= 4 is 0 Å². The Hall–Kier alpha value is -2.03. The Bertz CT molecular complexity index is 443. The molecule has 0 aliphatic carbocycles. The zero-order valence-corrected chi connectivity index (χ0v) is 9.01. The van der Waals surface area contributed by atoms with Crippen molar-refractivity contribution in [3.8, 4) is 11.6 Å². The zero-order valence-electron chi connectivity index (χ0n) is 9.01. The van der Waals surface area contributed by atoms with Gasteiger partial charge in [0.15, 0.2) is 0 Å². The second-order valence-corrected chi connectivity index (χ2v) is 3.22. The van der Waals surface area contributed by atoms with Crippen LogP contribution in [-0.4, -0.2) is 12.1 Å². The maximum atomic E-state index is 5.55. The normalized spacial score (nSPS) is 9.81. The molecular weight excluding hydrogens is 202 g/mol. The monoisotopic (exact) mass is 214 g/mol. The fraction of sp³-hybridized carbons (Fsp3) is 0.154. The van der Waals surface area contributed by atoms with Gasteiger partial charge in [-0.1, -0.05) is 18.2 Å². The number of hydrogen-bond donors (Lipinski definition) is 0.